The van der Waals surface area contributed by atoms with Crippen LogP contribution in [0.25, 0.3) is 0 Å². The molecule has 0 fully saturated rings. The summed E-state index contributed by atoms with van der Waals surface area (Å²) in [7, 11) is -6.09. The number of nitrogens with one attached hydrogen (secondary N) is 1. The summed E-state index contributed by atoms with van der Waals surface area (Å²) in [6.07, 6.45) is 17.3. The van der Waals surface area contributed by atoms with E-state index in [4.69, 9.17) is 24.6 Å². The number of carbonyl (C=O) groups excluding carboxylic acids is 1. The highest BCUT2D eigenvalue weighted by Crippen LogP contribution is 2.20. The Kier molecular flexibility index (Phi) is 17.2. The molecule has 0 aliphatic carbocycles. The first-order valence-corrected chi connectivity index (χ1v) is 13.7. The van der Waals surface area contributed by atoms with E-state index in [-0.39, 0.29) is 5.91 Å². The lowest BCUT2D eigenvalue weighted by Gasteiger charge is -2.08. The second kappa shape index (κ2) is 18.0. The van der Waals surface area contributed by atoms with Gasteiger partial charge in [0.15, 0.2) is 16.3 Å². The first-order valence-electron chi connectivity index (χ1n) is 11.9. The number of unbranched alkanes of at least 4 members (excludes halogenated alkanes) is 10. The molecule has 0 spiro atoms. The first-order chi connectivity index (χ1) is 16.0. The number of halogens is 4. The fourth-order valence-corrected chi connectivity index (χ4v) is 3.41. The van der Waals surface area contributed by atoms with Gasteiger partial charge in [0.1, 0.15) is 12.1 Å². The Hall–Kier alpha value is -1.39. The highest BCUT2D eigenvalue weighted by molar-refractivity contribution is 7.86. The van der Waals surface area contributed by atoms with Crippen LogP contribution in [0.15, 0.2) is 18.3 Å². The van der Waals surface area contributed by atoms with Gasteiger partial charge in [0.2, 0.25) is 0 Å². The first kappa shape index (κ1) is 32.6. The largest absolute Gasteiger partial charge is 0.741 e. The summed E-state index contributed by atoms with van der Waals surface area (Å²) in [4.78, 5) is 12.2. The highest BCUT2D eigenvalue weighted by atomic mass is 35.5. The van der Waals surface area contributed by atoms with Crippen molar-refractivity contribution in [3.8, 4) is 0 Å². The number of aryl methyl sites for hydroxylation is 1. The third-order valence-corrected chi connectivity index (χ3v) is 6.09. The van der Waals surface area contributed by atoms with Gasteiger partial charge in [-0.2, -0.15) is 17.7 Å². The molecule has 0 aliphatic heterocycles. The molecule has 0 atom stereocenters. The second-order valence-electron chi connectivity index (χ2n) is 8.10. The number of aromatic nitrogens is 1. The van der Waals surface area contributed by atoms with Gasteiger partial charge >= 0.3 is 5.51 Å². The van der Waals surface area contributed by atoms with Crippen LogP contribution in [0.3, 0.4) is 0 Å². The zero-order chi connectivity index (χ0) is 26.0. The summed E-state index contributed by atoms with van der Waals surface area (Å²) < 4.78 is 60.9. The predicted molar refractivity (Wildman–Crippen MR) is 126 cm³/mol. The molecule has 198 valence electrons. The van der Waals surface area contributed by atoms with Crippen molar-refractivity contribution in [3.05, 3.63) is 29.0 Å². The number of amides is 1. The third kappa shape index (κ3) is 14.8. The van der Waals surface area contributed by atoms with Crippen LogP contribution < -0.4 is 9.88 Å². The van der Waals surface area contributed by atoms with Crippen molar-refractivity contribution in [1.82, 2.24) is 5.32 Å². The summed E-state index contributed by atoms with van der Waals surface area (Å²) >= 11 is 6.44. The van der Waals surface area contributed by atoms with E-state index in [1.54, 1.807) is 6.07 Å². The van der Waals surface area contributed by atoms with Crippen LogP contribution in [0.4, 0.5) is 13.2 Å². The van der Waals surface area contributed by atoms with Gasteiger partial charge in [-0.05, 0) is 30.5 Å². The molecular formula is C23H38ClF3N2O4S. The lowest BCUT2D eigenvalue weighted by atomic mass is 10.1. The van der Waals surface area contributed by atoms with Crippen LogP contribution in [0, 0.1) is 0 Å². The number of alkyl halides is 3. The predicted octanol–water partition coefficient (Wildman–Crippen LogP) is 6.13. The summed E-state index contributed by atoms with van der Waals surface area (Å²) in [5.41, 5.74) is -5.06. The molecule has 0 radical (unpaired) electrons. The van der Waals surface area contributed by atoms with E-state index in [1.807, 2.05) is 16.8 Å². The Morgan fingerprint density at radius 2 is 1.44 bits per heavy atom. The molecule has 0 unspecified atom stereocenters. The van der Waals surface area contributed by atoms with Crippen molar-refractivity contribution in [1.29, 1.82) is 0 Å². The van der Waals surface area contributed by atoms with Crippen molar-refractivity contribution in [2.75, 3.05) is 6.54 Å². The van der Waals surface area contributed by atoms with Gasteiger partial charge in [0, 0.05) is 19.0 Å². The second-order valence-corrected chi connectivity index (χ2v) is 9.83. The average molecular weight is 531 g/mol. The van der Waals surface area contributed by atoms with Crippen molar-refractivity contribution in [2.24, 2.45) is 0 Å². The fourth-order valence-electron chi connectivity index (χ4n) is 3.12. The van der Waals surface area contributed by atoms with Crippen molar-refractivity contribution in [2.45, 2.75) is 103 Å². The van der Waals surface area contributed by atoms with Crippen LogP contribution in [0.2, 0.25) is 5.15 Å². The monoisotopic (exact) mass is 530 g/mol. The van der Waals surface area contributed by atoms with Crippen LogP contribution in [-0.2, 0) is 16.7 Å². The van der Waals surface area contributed by atoms with Gasteiger partial charge in [0.25, 0.3) is 11.1 Å². The molecule has 0 saturated carbocycles. The maximum absolute atomic E-state index is 12.2. The molecule has 11 heteroatoms. The Morgan fingerprint density at radius 3 is 1.91 bits per heavy atom. The number of hydrogen-bond acceptors (Lipinski definition) is 4. The molecular weight excluding hydrogens is 493 g/mol. The number of nitrogens with zero attached hydrogens (tertiary/aromatic N) is 1. The van der Waals surface area contributed by atoms with Crippen LogP contribution in [-0.4, -0.2) is 30.9 Å². The van der Waals surface area contributed by atoms with Gasteiger partial charge in [-0.3, -0.25) is 4.79 Å². The lowest BCUT2D eigenvalue weighted by molar-refractivity contribution is -0.695. The fraction of sp³-hybridized carbons (Fsp3) is 0.739. The maximum atomic E-state index is 12.2. The molecule has 1 amide bonds. The van der Waals surface area contributed by atoms with E-state index in [1.165, 1.54) is 57.8 Å². The van der Waals surface area contributed by atoms with Gasteiger partial charge in [-0.1, -0.05) is 71.6 Å². The molecule has 1 aromatic rings. The van der Waals surface area contributed by atoms with Gasteiger partial charge in [-0.25, -0.2) is 8.42 Å². The summed E-state index contributed by atoms with van der Waals surface area (Å²) in [6.45, 7) is 5.96. The van der Waals surface area contributed by atoms with Crippen molar-refractivity contribution < 1.29 is 35.5 Å². The number of pyridine rings is 1. The Balaban J connectivity index is 0.00000116. The van der Waals surface area contributed by atoms with E-state index in [0.29, 0.717) is 17.3 Å². The quantitative estimate of drug-likeness (QED) is 0.0970. The molecule has 0 aliphatic rings. The van der Waals surface area contributed by atoms with E-state index < -0.39 is 15.6 Å². The topological polar surface area (TPSA) is 90.2 Å². The van der Waals surface area contributed by atoms with E-state index in [0.717, 1.165) is 25.8 Å². The smallest absolute Gasteiger partial charge is 0.485 e. The minimum atomic E-state index is -6.09. The van der Waals surface area contributed by atoms with Crippen molar-refractivity contribution in [3.63, 3.8) is 0 Å². The summed E-state index contributed by atoms with van der Waals surface area (Å²) in [5, 5.41) is 3.49. The normalized spacial score (nSPS) is 11.6. The summed E-state index contributed by atoms with van der Waals surface area (Å²) in [6, 6.07) is 3.72. The molecule has 6 nitrogen and oxygen atoms in total. The Morgan fingerprint density at radius 1 is 0.971 bits per heavy atom. The van der Waals surface area contributed by atoms with Gasteiger partial charge < -0.3 is 9.87 Å². The molecule has 0 bridgehead atoms. The number of rotatable bonds is 15. The molecule has 34 heavy (non-hydrogen) atoms. The number of carbonyl (C=O) groups is 1. The standard InChI is InChI=1S/C22H37ClN2O.CHF3O3S/c1-3-5-7-8-9-10-11-12-13-14-18-25-19-15-16-20(21(25)23)22(26)24-17-6-4-2;2-1(3,4)8(5,6)7/h15-16,19H,3-14,17-18H2,1-2H3;(H,5,6,7). The SMILES string of the molecule is CCCCCCCCCCCC[n+]1cccc(C(=O)NCCCC)c1Cl.O=S(=O)([O-])C(F)(F)F. The summed E-state index contributed by atoms with van der Waals surface area (Å²) in [5.74, 6) is -0.0686. The average Bonchev–Trinajstić information content (AvgIpc) is 2.75. The minimum Gasteiger partial charge on any atom is -0.741 e. The zero-order valence-corrected chi connectivity index (χ0v) is 21.7. The third-order valence-electron chi connectivity index (χ3n) is 5.10. The molecule has 0 aromatic carbocycles. The van der Waals surface area contributed by atoms with Crippen LogP contribution in [0.1, 0.15) is 101 Å². The van der Waals surface area contributed by atoms with Crippen molar-refractivity contribution >= 4 is 27.6 Å². The molecule has 1 rings (SSSR count). The lowest BCUT2D eigenvalue weighted by Crippen LogP contribution is -2.37. The molecule has 1 aromatic heterocycles. The Bertz CT molecular complexity index is 806. The number of hydrogen-bond donors (Lipinski definition) is 1. The van der Waals surface area contributed by atoms with Gasteiger partial charge in [0.05, 0.1) is 0 Å². The van der Waals surface area contributed by atoms with Crippen LogP contribution in [0.5, 0.6) is 0 Å². The van der Waals surface area contributed by atoms with Crippen LogP contribution >= 0.6 is 11.6 Å². The molecule has 0 saturated heterocycles. The Labute approximate surface area is 207 Å². The molecule has 1 N–H and O–H groups in total. The van der Waals surface area contributed by atoms with E-state index in [2.05, 4.69) is 19.2 Å². The minimum absolute atomic E-state index is 0.0686. The van der Waals surface area contributed by atoms with E-state index >= 15 is 0 Å². The highest BCUT2D eigenvalue weighted by Gasteiger charge is 2.36. The van der Waals surface area contributed by atoms with Gasteiger partial charge in [-0.15, -0.1) is 0 Å². The van der Waals surface area contributed by atoms with E-state index in [9.17, 15) is 18.0 Å². The zero-order valence-electron chi connectivity index (χ0n) is 20.1. The molecule has 1 heterocycles. The maximum Gasteiger partial charge on any atom is 0.485 e.